The van der Waals surface area contributed by atoms with Crippen molar-refractivity contribution in [2.24, 2.45) is 5.41 Å². The van der Waals surface area contributed by atoms with Crippen LogP contribution in [0.5, 0.6) is 5.75 Å². The zero-order chi connectivity index (χ0) is 14.1. The molecule has 0 amide bonds. The van der Waals surface area contributed by atoms with Crippen molar-refractivity contribution in [3.63, 3.8) is 0 Å². The van der Waals surface area contributed by atoms with Crippen molar-refractivity contribution in [1.29, 1.82) is 5.26 Å². The van der Waals surface area contributed by atoms with Crippen LogP contribution in [0.4, 0.5) is 0 Å². The number of sulfone groups is 1. The molecule has 1 unspecified atom stereocenters. The Morgan fingerprint density at radius 1 is 1.47 bits per heavy atom. The van der Waals surface area contributed by atoms with Gasteiger partial charge in [-0.2, -0.15) is 5.26 Å². The maximum atomic E-state index is 11.6. The molecule has 102 valence electrons. The van der Waals surface area contributed by atoms with Gasteiger partial charge in [0, 0.05) is 0 Å². The van der Waals surface area contributed by atoms with Crippen LogP contribution >= 0.6 is 0 Å². The summed E-state index contributed by atoms with van der Waals surface area (Å²) in [5.74, 6) is 0.770. The number of nitrogens with zero attached hydrogens (tertiary/aromatic N) is 1. The van der Waals surface area contributed by atoms with E-state index in [4.69, 9.17) is 4.74 Å². The van der Waals surface area contributed by atoms with Crippen LogP contribution in [0, 0.1) is 23.7 Å². The lowest BCUT2D eigenvalue weighted by atomic mass is 9.82. The molecule has 4 nitrogen and oxygen atoms in total. The Morgan fingerprint density at radius 3 is 2.74 bits per heavy atom. The normalized spacial score (nSPS) is 24.9. The highest BCUT2D eigenvalue weighted by Gasteiger charge is 2.43. The molecule has 0 bridgehead atoms. The molecule has 0 aliphatic carbocycles. The van der Waals surface area contributed by atoms with Crippen LogP contribution in [0.15, 0.2) is 18.2 Å². The van der Waals surface area contributed by atoms with Gasteiger partial charge in [-0.1, -0.05) is 17.7 Å². The van der Waals surface area contributed by atoms with Gasteiger partial charge in [0.1, 0.15) is 5.75 Å². The lowest BCUT2D eigenvalue weighted by molar-refractivity contribution is 0.393. The van der Waals surface area contributed by atoms with Crippen LogP contribution < -0.4 is 4.74 Å². The molecule has 1 heterocycles. The predicted octanol–water partition coefficient (Wildman–Crippen LogP) is 1.87. The largest absolute Gasteiger partial charge is 0.496 e. The number of ether oxygens (including phenoxy) is 1. The molecule has 19 heavy (non-hydrogen) atoms. The Bertz CT molecular complexity index is 631. The van der Waals surface area contributed by atoms with Crippen molar-refractivity contribution in [2.45, 2.75) is 19.8 Å². The van der Waals surface area contributed by atoms with Crippen molar-refractivity contribution < 1.29 is 13.2 Å². The van der Waals surface area contributed by atoms with Gasteiger partial charge in [-0.05, 0) is 31.4 Å². The van der Waals surface area contributed by atoms with Gasteiger partial charge in [0.15, 0.2) is 9.84 Å². The van der Waals surface area contributed by atoms with Crippen LogP contribution in [0.2, 0.25) is 0 Å². The molecule has 1 aliphatic rings. The van der Waals surface area contributed by atoms with Crippen molar-refractivity contribution >= 4 is 9.84 Å². The van der Waals surface area contributed by atoms with E-state index >= 15 is 0 Å². The second-order valence-corrected chi connectivity index (χ2v) is 7.41. The Hall–Kier alpha value is -1.54. The molecule has 0 spiro atoms. The molecular weight excluding hydrogens is 262 g/mol. The highest BCUT2D eigenvalue weighted by Crippen LogP contribution is 2.37. The average molecular weight is 279 g/mol. The van der Waals surface area contributed by atoms with E-state index in [1.807, 2.05) is 25.1 Å². The maximum Gasteiger partial charge on any atom is 0.151 e. The molecule has 0 radical (unpaired) electrons. The molecule has 0 saturated carbocycles. The fourth-order valence-corrected chi connectivity index (χ4v) is 4.59. The van der Waals surface area contributed by atoms with Gasteiger partial charge < -0.3 is 4.74 Å². The minimum absolute atomic E-state index is 0.0480. The van der Waals surface area contributed by atoms with Crippen LogP contribution in [0.25, 0.3) is 0 Å². The van der Waals surface area contributed by atoms with Crippen molar-refractivity contribution in [2.75, 3.05) is 18.6 Å². The summed E-state index contributed by atoms with van der Waals surface area (Å²) in [4.78, 5) is 0. The quantitative estimate of drug-likeness (QED) is 0.847. The Morgan fingerprint density at radius 2 is 2.21 bits per heavy atom. The molecule has 0 N–H and O–H groups in total. The Kier molecular flexibility index (Phi) is 3.55. The molecule has 1 fully saturated rings. The molecule has 1 aliphatic heterocycles. The van der Waals surface area contributed by atoms with Gasteiger partial charge in [0.2, 0.25) is 0 Å². The molecule has 5 heteroatoms. The second kappa shape index (κ2) is 4.86. The lowest BCUT2D eigenvalue weighted by Crippen LogP contribution is -2.23. The van der Waals surface area contributed by atoms with E-state index < -0.39 is 15.3 Å². The first-order valence-electron chi connectivity index (χ1n) is 6.15. The SMILES string of the molecule is COc1ccc(C)cc1CC1(C#N)CCS(=O)(=O)C1. The monoisotopic (exact) mass is 279 g/mol. The molecule has 1 saturated heterocycles. The van der Waals surface area contributed by atoms with Gasteiger partial charge in [-0.25, -0.2) is 8.42 Å². The van der Waals surface area contributed by atoms with Gasteiger partial charge in [0.25, 0.3) is 0 Å². The number of benzene rings is 1. The third-order valence-corrected chi connectivity index (χ3v) is 5.41. The zero-order valence-electron chi connectivity index (χ0n) is 11.1. The summed E-state index contributed by atoms with van der Waals surface area (Å²) in [7, 11) is -1.50. The number of methoxy groups -OCH3 is 1. The van der Waals surface area contributed by atoms with E-state index in [0.29, 0.717) is 18.6 Å². The second-order valence-electron chi connectivity index (χ2n) is 5.23. The van der Waals surface area contributed by atoms with E-state index in [1.165, 1.54) is 0 Å². The summed E-state index contributed by atoms with van der Waals surface area (Å²) >= 11 is 0. The van der Waals surface area contributed by atoms with Crippen molar-refractivity contribution in [3.8, 4) is 11.8 Å². The summed E-state index contributed by atoms with van der Waals surface area (Å²) in [6.07, 6.45) is 0.830. The van der Waals surface area contributed by atoms with E-state index in [9.17, 15) is 13.7 Å². The summed E-state index contributed by atoms with van der Waals surface area (Å²) in [6.45, 7) is 1.97. The number of nitriles is 1. The number of aryl methyl sites for hydroxylation is 1. The lowest BCUT2D eigenvalue weighted by Gasteiger charge is -2.20. The third-order valence-electron chi connectivity index (χ3n) is 3.59. The molecule has 1 aromatic rings. The fraction of sp³-hybridized carbons (Fsp3) is 0.500. The van der Waals surface area contributed by atoms with Gasteiger partial charge >= 0.3 is 0 Å². The van der Waals surface area contributed by atoms with Crippen LogP contribution in [-0.4, -0.2) is 27.0 Å². The summed E-state index contributed by atoms with van der Waals surface area (Å²) in [5, 5.41) is 9.39. The summed E-state index contributed by atoms with van der Waals surface area (Å²) < 4.78 is 28.6. The number of hydrogen-bond acceptors (Lipinski definition) is 4. The standard InChI is InChI=1S/C14H17NO3S/c1-11-3-4-13(18-2)12(7-11)8-14(9-15)5-6-19(16,17)10-14/h3-4,7H,5-6,8,10H2,1-2H3. The highest BCUT2D eigenvalue weighted by molar-refractivity contribution is 7.91. The van der Waals surface area contributed by atoms with E-state index in [1.54, 1.807) is 7.11 Å². The predicted molar refractivity (Wildman–Crippen MR) is 72.8 cm³/mol. The highest BCUT2D eigenvalue weighted by atomic mass is 32.2. The van der Waals surface area contributed by atoms with Gasteiger partial charge in [-0.3, -0.25) is 0 Å². The fourth-order valence-electron chi connectivity index (χ4n) is 2.59. The van der Waals surface area contributed by atoms with Crippen molar-refractivity contribution in [1.82, 2.24) is 0 Å². The summed E-state index contributed by atoms with van der Waals surface area (Å²) in [6, 6.07) is 7.98. The Labute approximate surface area is 113 Å². The maximum absolute atomic E-state index is 11.6. The minimum atomic E-state index is -3.08. The zero-order valence-corrected chi connectivity index (χ0v) is 12.0. The van der Waals surface area contributed by atoms with Gasteiger partial charge in [-0.15, -0.1) is 0 Å². The smallest absolute Gasteiger partial charge is 0.151 e. The van der Waals surface area contributed by atoms with E-state index in [2.05, 4.69) is 6.07 Å². The van der Waals surface area contributed by atoms with E-state index in [0.717, 1.165) is 11.1 Å². The topological polar surface area (TPSA) is 67.2 Å². The molecule has 1 aromatic carbocycles. The first-order chi connectivity index (χ1) is 8.90. The first-order valence-corrected chi connectivity index (χ1v) is 7.97. The van der Waals surface area contributed by atoms with Crippen LogP contribution in [-0.2, 0) is 16.3 Å². The molecule has 2 rings (SSSR count). The van der Waals surface area contributed by atoms with Crippen molar-refractivity contribution in [3.05, 3.63) is 29.3 Å². The van der Waals surface area contributed by atoms with Crippen LogP contribution in [0.3, 0.4) is 0 Å². The summed E-state index contributed by atoms with van der Waals surface area (Å²) in [5.41, 5.74) is 1.17. The number of rotatable bonds is 3. The number of hydrogen-bond donors (Lipinski definition) is 0. The third kappa shape index (κ3) is 2.90. The minimum Gasteiger partial charge on any atom is -0.496 e. The van der Waals surface area contributed by atoms with E-state index in [-0.39, 0.29) is 11.5 Å². The molecular formula is C14H17NO3S. The molecule has 1 atom stereocenters. The first kappa shape index (κ1) is 13.9. The van der Waals surface area contributed by atoms with Crippen LogP contribution in [0.1, 0.15) is 17.5 Å². The average Bonchev–Trinajstić information content (AvgIpc) is 2.66. The molecule has 0 aromatic heterocycles. The van der Waals surface area contributed by atoms with Gasteiger partial charge in [0.05, 0.1) is 30.1 Å². The Balaban J connectivity index is 2.35.